The molecule has 6 heteroatoms. The summed E-state index contributed by atoms with van der Waals surface area (Å²) in [6.45, 7) is 0.00487. The van der Waals surface area contributed by atoms with Crippen molar-refractivity contribution in [2.75, 3.05) is 32.7 Å². The molecule has 0 unspecified atom stereocenters. The number of rotatable bonds is 3. The van der Waals surface area contributed by atoms with Crippen molar-refractivity contribution in [3.8, 4) is 17.6 Å². The zero-order valence-electron chi connectivity index (χ0n) is 14.2. The molecule has 1 aliphatic heterocycles. The molecule has 0 spiro atoms. The van der Waals surface area contributed by atoms with Crippen LogP contribution in [-0.2, 0) is 4.79 Å². The predicted molar refractivity (Wildman–Crippen MR) is 94.6 cm³/mol. The molecular weight excluding hydrogens is 318 g/mol. The summed E-state index contributed by atoms with van der Waals surface area (Å²) in [5.41, 5.74) is 3.15. The summed E-state index contributed by atoms with van der Waals surface area (Å²) in [4.78, 5) is 18.4. The molecule has 0 radical (unpaired) electrons. The maximum absolute atomic E-state index is 12.3. The molecule has 1 aliphatic rings. The molecule has 1 amide bonds. The van der Waals surface area contributed by atoms with Crippen molar-refractivity contribution in [1.82, 2.24) is 0 Å². The van der Waals surface area contributed by atoms with E-state index in [1.807, 2.05) is 12.1 Å². The molecule has 0 N–H and O–H groups in total. The van der Waals surface area contributed by atoms with Gasteiger partial charge in [0.05, 0.1) is 37.3 Å². The lowest BCUT2D eigenvalue weighted by atomic mass is 9.96. The van der Waals surface area contributed by atoms with E-state index in [1.54, 1.807) is 50.4 Å². The molecule has 0 aromatic heterocycles. The number of hydrogen-bond donors (Lipinski definition) is 0. The Hall–Kier alpha value is -3.33. The Balaban J connectivity index is 2.31. The Morgan fingerprint density at radius 3 is 2.48 bits per heavy atom. The molecule has 2 aromatic rings. The second-order valence-electron chi connectivity index (χ2n) is 5.50. The number of methoxy groups -OCH3 is 2. The van der Waals surface area contributed by atoms with Gasteiger partial charge in [0.25, 0.3) is 0 Å². The molecule has 0 bridgehead atoms. The van der Waals surface area contributed by atoms with E-state index in [2.05, 4.69) is 11.1 Å². The van der Waals surface area contributed by atoms with Gasteiger partial charge >= 0.3 is 0 Å². The van der Waals surface area contributed by atoms with Crippen molar-refractivity contribution in [2.24, 2.45) is 4.99 Å². The predicted octanol–water partition coefficient (Wildman–Crippen LogP) is 2.39. The topological polar surface area (TPSA) is 74.9 Å². The van der Waals surface area contributed by atoms with Crippen LogP contribution in [0.4, 0.5) is 5.69 Å². The van der Waals surface area contributed by atoms with E-state index >= 15 is 0 Å². The minimum Gasteiger partial charge on any atom is -0.493 e. The summed E-state index contributed by atoms with van der Waals surface area (Å²) in [6.07, 6.45) is 0. The number of carbonyl (C=O) groups excluding carboxylic acids is 1. The maximum atomic E-state index is 12.3. The minimum absolute atomic E-state index is 0.00487. The lowest BCUT2D eigenvalue weighted by Crippen LogP contribution is -2.27. The molecule has 126 valence electrons. The molecule has 3 rings (SSSR count). The molecule has 0 aliphatic carbocycles. The minimum atomic E-state index is -0.141. The number of carbonyl (C=O) groups is 1. The molecule has 1 heterocycles. The number of benzodiazepines with no additional fused rings is 1. The Labute approximate surface area is 145 Å². The summed E-state index contributed by atoms with van der Waals surface area (Å²) in [7, 11) is 4.79. The highest BCUT2D eigenvalue weighted by Gasteiger charge is 2.26. The second-order valence-corrected chi connectivity index (χ2v) is 5.50. The first kappa shape index (κ1) is 16.5. The number of fused-ring (bicyclic) bond motifs is 1. The molecule has 0 saturated heterocycles. The van der Waals surface area contributed by atoms with Gasteiger partial charge in [-0.1, -0.05) is 18.2 Å². The fourth-order valence-corrected chi connectivity index (χ4v) is 2.83. The van der Waals surface area contributed by atoms with E-state index in [9.17, 15) is 10.1 Å². The van der Waals surface area contributed by atoms with Crippen LogP contribution < -0.4 is 14.4 Å². The number of likely N-dealkylation sites (N-methyl/N-ethyl adjacent to an activating group) is 1. The summed E-state index contributed by atoms with van der Waals surface area (Å²) in [5, 5.41) is 9.43. The Morgan fingerprint density at radius 2 is 1.80 bits per heavy atom. The van der Waals surface area contributed by atoms with Gasteiger partial charge in [0, 0.05) is 24.2 Å². The highest BCUT2D eigenvalue weighted by atomic mass is 16.5. The number of amides is 1. The second kappa shape index (κ2) is 6.65. The quantitative estimate of drug-likeness (QED) is 0.863. The molecule has 6 nitrogen and oxygen atoms in total. The van der Waals surface area contributed by atoms with Crippen LogP contribution in [-0.4, -0.2) is 39.4 Å². The number of aliphatic imine (C=N–C) groups is 1. The standard InChI is InChI=1S/C19H17N3O3/c1-22-15-9-17(25-3)16(24-2)8-14(15)19(21-11-18(22)23)13-7-5-4-6-12(13)10-20/h4-9H,11H2,1-3H3. The average Bonchev–Trinajstić information content (AvgIpc) is 2.77. The van der Waals surface area contributed by atoms with Crippen LogP contribution >= 0.6 is 0 Å². The van der Waals surface area contributed by atoms with Gasteiger partial charge in [-0.05, 0) is 12.1 Å². The molecular formula is C19H17N3O3. The van der Waals surface area contributed by atoms with Crippen LogP contribution in [0.2, 0.25) is 0 Å². The van der Waals surface area contributed by atoms with Crippen molar-refractivity contribution in [3.05, 3.63) is 53.1 Å². The van der Waals surface area contributed by atoms with Gasteiger partial charge < -0.3 is 14.4 Å². The number of nitriles is 1. The zero-order chi connectivity index (χ0) is 18.0. The van der Waals surface area contributed by atoms with Crippen LogP contribution in [0.3, 0.4) is 0 Å². The van der Waals surface area contributed by atoms with E-state index < -0.39 is 0 Å². The lowest BCUT2D eigenvalue weighted by Gasteiger charge is -2.20. The smallest absolute Gasteiger partial charge is 0.248 e. The van der Waals surface area contributed by atoms with Crippen LogP contribution in [0.15, 0.2) is 41.4 Å². The first-order valence-corrected chi connectivity index (χ1v) is 7.67. The van der Waals surface area contributed by atoms with Crippen molar-refractivity contribution in [2.45, 2.75) is 0 Å². The number of hydrogen-bond acceptors (Lipinski definition) is 5. The van der Waals surface area contributed by atoms with Gasteiger partial charge in [-0.3, -0.25) is 9.79 Å². The van der Waals surface area contributed by atoms with E-state index in [0.29, 0.717) is 39.6 Å². The third kappa shape index (κ3) is 2.81. The van der Waals surface area contributed by atoms with E-state index in [1.165, 1.54) is 0 Å². The SMILES string of the molecule is COc1cc2c(cc1OC)N(C)C(=O)CN=C2c1ccccc1C#N. The molecule has 25 heavy (non-hydrogen) atoms. The normalized spacial score (nSPS) is 13.4. The van der Waals surface area contributed by atoms with E-state index in [0.717, 1.165) is 0 Å². The number of anilines is 1. The Bertz CT molecular complexity index is 913. The largest absolute Gasteiger partial charge is 0.493 e. The van der Waals surface area contributed by atoms with Gasteiger partial charge in [-0.15, -0.1) is 0 Å². The Morgan fingerprint density at radius 1 is 1.12 bits per heavy atom. The molecule has 2 aromatic carbocycles. The van der Waals surface area contributed by atoms with Crippen molar-refractivity contribution >= 4 is 17.3 Å². The van der Waals surface area contributed by atoms with Gasteiger partial charge in [0.15, 0.2) is 11.5 Å². The fourth-order valence-electron chi connectivity index (χ4n) is 2.83. The van der Waals surface area contributed by atoms with Crippen LogP contribution in [0, 0.1) is 11.3 Å². The first-order valence-electron chi connectivity index (χ1n) is 7.67. The summed E-state index contributed by atoms with van der Waals surface area (Å²) < 4.78 is 10.8. The fraction of sp³-hybridized carbons (Fsp3) is 0.211. The average molecular weight is 335 g/mol. The van der Waals surface area contributed by atoms with E-state index in [-0.39, 0.29) is 12.5 Å². The third-order valence-electron chi connectivity index (χ3n) is 4.17. The number of ether oxygens (including phenoxy) is 2. The maximum Gasteiger partial charge on any atom is 0.248 e. The summed E-state index contributed by atoms with van der Waals surface area (Å²) >= 11 is 0. The highest BCUT2D eigenvalue weighted by molar-refractivity contribution is 6.20. The molecule has 0 atom stereocenters. The van der Waals surface area contributed by atoms with Crippen LogP contribution in [0.1, 0.15) is 16.7 Å². The van der Waals surface area contributed by atoms with Crippen LogP contribution in [0.25, 0.3) is 0 Å². The monoisotopic (exact) mass is 335 g/mol. The lowest BCUT2D eigenvalue weighted by molar-refractivity contribution is -0.116. The van der Waals surface area contributed by atoms with Crippen molar-refractivity contribution in [3.63, 3.8) is 0 Å². The highest BCUT2D eigenvalue weighted by Crippen LogP contribution is 2.37. The zero-order valence-corrected chi connectivity index (χ0v) is 14.2. The molecule has 0 fully saturated rings. The Kier molecular flexibility index (Phi) is 4.40. The van der Waals surface area contributed by atoms with Crippen LogP contribution in [0.5, 0.6) is 11.5 Å². The number of nitrogens with zero attached hydrogens (tertiary/aromatic N) is 3. The molecule has 0 saturated carbocycles. The van der Waals surface area contributed by atoms with Gasteiger partial charge in [-0.25, -0.2) is 0 Å². The summed E-state index contributed by atoms with van der Waals surface area (Å²) in [6, 6.07) is 12.9. The van der Waals surface area contributed by atoms with Gasteiger partial charge in [-0.2, -0.15) is 5.26 Å². The summed E-state index contributed by atoms with van der Waals surface area (Å²) in [5.74, 6) is 0.916. The van der Waals surface area contributed by atoms with Crippen molar-refractivity contribution < 1.29 is 14.3 Å². The van der Waals surface area contributed by atoms with E-state index in [4.69, 9.17) is 9.47 Å². The number of benzene rings is 2. The first-order chi connectivity index (χ1) is 12.1. The van der Waals surface area contributed by atoms with Gasteiger partial charge in [0.1, 0.15) is 6.54 Å². The van der Waals surface area contributed by atoms with Crippen molar-refractivity contribution in [1.29, 1.82) is 5.26 Å². The van der Waals surface area contributed by atoms with Gasteiger partial charge in [0.2, 0.25) is 5.91 Å². The third-order valence-corrected chi connectivity index (χ3v) is 4.17.